The molecule has 1 aliphatic heterocycles. The smallest absolute Gasteiger partial charge is 0.274 e. The molecule has 10 heteroatoms. The third kappa shape index (κ3) is 7.10. The maximum atomic E-state index is 13.0. The molecule has 3 rings (SSSR count). The van der Waals surface area contributed by atoms with Crippen LogP contribution in [0.4, 0.5) is 4.39 Å². The van der Waals surface area contributed by atoms with Crippen molar-refractivity contribution in [2.24, 2.45) is 11.7 Å². The van der Waals surface area contributed by atoms with Crippen LogP contribution in [0.15, 0.2) is 54.6 Å². The topological polar surface area (TPSA) is 118 Å². The summed E-state index contributed by atoms with van der Waals surface area (Å²) in [5, 5.41) is -1.16. The predicted molar refractivity (Wildman–Crippen MR) is 123 cm³/mol. The number of hydroxylamine groups is 1. The highest BCUT2D eigenvalue weighted by Crippen LogP contribution is 2.37. The Kier molecular flexibility index (Phi) is 10.5. The number of nitrogens with zero attached hydrogens (tertiary/aromatic N) is 1. The number of nitrogens with two attached hydrogens (primary N) is 1. The fraction of sp³-hybridized carbons (Fsp3) is 0.435. The molecule has 33 heavy (non-hydrogen) atoms. The second-order valence-electron chi connectivity index (χ2n) is 7.63. The molecule has 8 nitrogen and oxygen atoms in total. The number of ether oxygens (including phenoxy) is 2. The van der Waals surface area contributed by atoms with Gasteiger partial charge in [0.05, 0.1) is 13.2 Å². The van der Waals surface area contributed by atoms with Gasteiger partial charge in [0.25, 0.3) is 5.91 Å². The Hall–Kier alpha value is -2.27. The first-order valence-electron chi connectivity index (χ1n) is 10.5. The molecule has 2 aromatic carbocycles. The number of amides is 1. The van der Waals surface area contributed by atoms with Crippen LogP contribution < -0.4 is 16.0 Å². The van der Waals surface area contributed by atoms with Crippen LogP contribution in [0.5, 0.6) is 5.75 Å². The van der Waals surface area contributed by atoms with E-state index in [1.54, 1.807) is 36.4 Å². The van der Waals surface area contributed by atoms with Gasteiger partial charge in [-0.25, -0.2) is 9.87 Å². The van der Waals surface area contributed by atoms with Crippen LogP contribution in [0.2, 0.25) is 0 Å². The molecule has 5 N–H and O–H groups in total. The summed E-state index contributed by atoms with van der Waals surface area (Å²) in [6.45, 7) is 2.01. The number of benzene rings is 2. The van der Waals surface area contributed by atoms with E-state index in [-0.39, 0.29) is 29.7 Å². The standard InChI is InChI=1S/C23H29ClFN3O4.H2O/c1-30-23(24)18(16-32-27-21(29)17-6-3-2-4-7-17)12-14-28(22(23)26)13-5-15-31-20-10-8-19(25)9-11-20;/h2-4,6-11,18,22H,5,12-16,26H2,1H3,(H,27,29);1H2. The van der Waals surface area contributed by atoms with Gasteiger partial charge in [-0.3, -0.25) is 14.5 Å². The number of hydrogen-bond donors (Lipinski definition) is 2. The molecule has 182 valence electrons. The van der Waals surface area contributed by atoms with Crippen molar-refractivity contribution in [3.05, 3.63) is 66.0 Å². The molecule has 0 bridgehead atoms. The molecule has 1 heterocycles. The Balaban J connectivity index is 0.00000385. The van der Waals surface area contributed by atoms with Crippen molar-refractivity contribution in [1.82, 2.24) is 10.4 Å². The van der Waals surface area contributed by atoms with E-state index in [0.717, 1.165) is 6.42 Å². The van der Waals surface area contributed by atoms with Crippen LogP contribution in [-0.2, 0) is 9.57 Å². The molecule has 2 aromatic rings. The first kappa shape index (κ1) is 27.0. The third-order valence-corrected chi connectivity index (χ3v) is 6.27. The second-order valence-corrected chi connectivity index (χ2v) is 8.22. The largest absolute Gasteiger partial charge is 0.494 e. The molecule has 0 saturated carbocycles. The Morgan fingerprint density at radius 2 is 1.94 bits per heavy atom. The Labute approximate surface area is 198 Å². The highest BCUT2D eigenvalue weighted by molar-refractivity contribution is 6.23. The zero-order valence-corrected chi connectivity index (χ0v) is 19.3. The molecule has 0 aliphatic carbocycles. The molecule has 0 spiro atoms. The lowest BCUT2D eigenvalue weighted by atomic mass is 9.91. The lowest BCUT2D eigenvalue weighted by Gasteiger charge is -2.48. The number of nitrogens with one attached hydrogen (secondary N) is 1. The minimum absolute atomic E-state index is 0. The van der Waals surface area contributed by atoms with Gasteiger partial charge >= 0.3 is 0 Å². The monoisotopic (exact) mass is 483 g/mol. The fourth-order valence-electron chi connectivity index (χ4n) is 3.73. The number of methoxy groups -OCH3 is 1. The summed E-state index contributed by atoms with van der Waals surface area (Å²) in [7, 11) is 1.52. The number of rotatable bonds is 10. The highest BCUT2D eigenvalue weighted by atomic mass is 35.5. The summed E-state index contributed by atoms with van der Waals surface area (Å²) in [4.78, 5) is 19.6. The van der Waals surface area contributed by atoms with Crippen molar-refractivity contribution in [3.8, 4) is 5.75 Å². The van der Waals surface area contributed by atoms with E-state index >= 15 is 0 Å². The maximum Gasteiger partial charge on any atom is 0.274 e. The van der Waals surface area contributed by atoms with E-state index in [9.17, 15) is 9.18 Å². The van der Waals surface area contributed by atoms with Gasteiger partial charge in [0.2, 0.25) is 0 Å². The minimum Gasteiger partial charge on any atom is -0.494 e. The quantitative estimate of drug-likeness (QED) is 0.304. The van der Waals surface area contributed by atoms with Gasteiger partial charge in [0.1, 0.15) is 17.7 Å². The van der Waals surface area contributed by atoms with Crippen LogP contribution in [0.1, 0.15) is 23.2 Å². The van der Waals surface area contributed by atoms with Gasteiger partial charge in [-0.15, -0.1) is 0 Å². The van der Waals surface area contributed by atoms with Crippen molar-refractivity contribution >= 4 is 17.5 Å². The number of carbonyl (C=O) groups excluding carboxylic acids is 1. The fourth-order valence-corrected chi connectivity index (χ4v) is 4.04. The summed E-state index contributed by atoms with van der Waals surface area (Å²) in [5.41, 5.74) is 9.39. The number of piperidine rings is 1. The molecule has 1 amide bonds. The zero-order chi connectivity index (χ0) is 23.0. The van der Waals surface area contributed by atoms with Crippen LogP contribution in [-0.4, -0.2) is 60.9 Å². The number of halogens is 2. The van der Waals surface area contributed by atoms with Crippen molar-refractivity contribution in [3.63, 3.8) is 0 Å². The van der Waals surface area contributed by atoms with Crippen LogP contribution in [0.3, 0.4) is 0 Å². The maximum absolute atomic E-state index is 13.0. The van der Waals surface area contributed by atoms with Crippen LogP contribution >= 0.6 is 11.6 Å². The summed E-state index contributed by atoms with van der Waals surface area (Å²) in [5.74, 6) is -0.224. The molecular weight excluding hydrogens is 453 g/mol. The van der Waals surface area contributed by atoms with Gasteiger partial charge in [-0.2, -0.15) is 0 Å². The Morgan fingerprint density at radius 1 is 1.24 bits per heavy atom. The van der Waals surface area contributed by atoms with E-state index < -0.39 is 11.2 Å². The molecule has 3 atom stereocenters. The molecule has 3 unspecified atom stereocenters. The summed E-state index contributed by atoms with van der Waals surface area (Å²) in [6, 6.07) is 14.7. The number of alkyl halides is 1. The predicted octanol–water partition coefficient (Wildman–Crippen LogP) is 2.32. The van der Waals surface area contributed by atoms with E-state index in [4.69, 9.17) is 31.6 Å². The van der Waals surface area contributed by atoms with E-state index in [0.29, 0.717) is 37.4 Å². The van der Waals surface area contributed by atoms with Gasteiger partial charge in [-0.05, 0) is 49.2 Å². The zero-order valence-electron chi connectivity index (χ0n) is 18.5. The summed E-state index contributed by atoms with van der Waals surface area (Å²) >= 11 is 6.78. The summed E-state index contributed by atoms with van der Waals surface area (Å²) < 4.78 is 24.2. The summed E-state index contributed by atoms with van der Waals surface area (Å²) in [6.07, 6.45) is 0.841. The van der Waals surface area contributed by atoms with Crippen molar-refractivity contribution in [2.45, 2.75) is 24.1 Å². The van der Waals surface area contributed by atoms with Gasteiger partial charge < -0.3 is 20.7 Å². The van der Waals surface area contributed by atoms with Crippen molar-refractivity contribution < 1.29 is 29.0 Å². The average molecular weight is 484 g/mol. The van der Waals surface area contributed by atoms with Crippen molar-refractivity contribution in [1.29, 1.82) is 0 Å². The van der Waals surface area contributed by atoms with Crippen LogP contribution in [0, 0.1) is 11.7 Å². The third-order valence-electron chi connectivity index (χ3n) is 5.59. The van der Waals surface area contributed by atoms with Gasteiger partial charge in [-0.1, -0.05) is 29.8 Å². The van der Waals surface area contributed by atoms with Gasteiger partial charge in [0.15, 0.2) is 5.06 Å². The number of hydrogen-bond acceptors (Lipinski definition) is 6. The van der Waals surface area contributed by atoms with E-state index in [1.807, 2.05) is 11.0 Å². The molecule has 1 fully saturated rings. The van der Waals surface area contributed by atoms with Crippen LogP contribution in [0.25, 0.3) is 0 Å². The normalized spacial score (nSPS) is 22.9. The molecule has 0 radical (unpaired) electrons. The lowest BCUT2D eigenvalue weighted by molar-refractivity contribution is -0.115. The first-order chi connectivity index (χ1) is 15.4. The number of likely N-dealkylation sites (tertiary alicyclic amines) is 1. The molecule has 1 aliphatic rings. The van der Waals surface area contributed by atoms with E-state index in [1.165, 1.54) is 19.2 Å². The molecular formula is C23H31ClFN3O5. The number of carbonyl (C=O) groups is 1. The van der Waals surface area contributed by atoms with Gasteiger partial charge in [0, 0.05) is 31.7 Å². The first-order valence-corrected chi connectivity index (χ1v) is 10.9. The minimum atomic E-state index is -1.16. The Bertz CT molecular complexity index is 861. The highest BCUT2D eigenvalue weighted by Gasteiger charge is 2.48. The Morgan fingerprint density at radius 3 is 2.61 bits per heavy atom. The van der Waals surface area contributed by atoms with E-state index in [2.05, 4.69) is 5.48 Å². The molecule has 0 aromatic heterocycles. The van der Waals surface area contributed by atoms with Crippen molar-refractivity contribution in [2.75, 3.05) is 33.4 Å². The lowest BCUT2D eigenvalue weighted by Crippen LogP contribution is -2.64. The average Bonchev–Trinajstić information content (AvgIpc) is 2.82. The second kappa shape index (κ2) is 12.8. The molecule has 1 saturated heterocycles. The SMILES string of the molecule is COC1(Cl)C(CONC(=O)c2ccccc2)CCN(CCCOc2ccc(F)cc2)C1N.O.